The smallest absolute Gasteiger partial charge is 0.310 e. The molecule has 1 aromatic heterocycles. The van der Waals surface area contributed by atoms with Crippen LogP contribution in [0.25, 0.3) is 0 Å². The van der Waals surface area contributed by atoms with Gasteiger partial charge in [-0.25, -0.2) is 9.97 Å². The van der Waals surface area contributed by atoms with Crippen LogP contribution in [-0.4, -0.2) is 74.3 Å². The van der Waals surface area contributed by atoms with Gasteiger partial charge in [-0.2, -0.15) is 0 Å². The molecule has 1 aliphatic rings. The van der Waals surface area contributed by atoms with Crippen molar-refractivity contribution in [3.63, 3.8) is 0 Å². The summed E-state index contributed by atoms with van der Waals surface area (Å²) in [5, 5.41) is 0.956. The topological polar surface area (TPSA) is 94.1 Å². The molecule has 1 atom stereocenters. The van der Waals surface area contributed by atoms with Crippen LogP contribution < -0.4 is 14.4 Å². The number of carbonyl (C=O) groups excluding carboxylic acids is 2. The predicted octanol–water partition coefficient (Wildman–Crippen LogP) is 5.53. The van der Waals surface area contributed by atoms with Crippen LogP contribution in [0.1, 0.15) is 41.3 Å². The van der Waals surface area contributed by atoms with Gasteiger partial charge in [0.25, 0.3) is 5.91 Å². The summed E-state index contributed by atoms with van der Waals surface area (Å²) in [5.41, 5.74) is 2.76. The number of esters is 1. The predicted molar refractivity (Wildman–Crippen MR) is 165 cm³/mol. The molecule has 0 N–H and O–H groups in total. The van der Waals surface area contributed by atoms with Gasteiger partial charge in [0.1, 0.15) is 11.0 Å². The SMILES string of the molecule is CCOC(=O)C1CCCN(C(=O)c2ccc(CSc3nc(Cl)cc(N(C)CCc4ccc(OC)c(OC)c4)n3)cc2)C1. The Bertz CT molecular complexity index is 1370. The van der Waals surface area contributed by atoms with Crippen LogP contribution >= 0.6 is 23.4 Å². The van der Waals surface area contributed by atoms with Gasteiger partial charge in [-0.05, 0) is 61.6 Å². The number of nitrogens with zero attached hydrogens (tertiary/aromatic N) is 4. The molecule has 0 spiro atoms. The van der Waals surface area contributed by atoms with Crippen LogP contribution in [0.3, 0.4) is 0 Å². The van der Waals surface area contributed by atoms with E-state index < -0.39 is 0 Å². The average molecular weight is 613 g/mol. The van der Waals surface area contributed by atoms with Gasteiger partial charge in [-0.1, -0.05) is 41.6 Å². The van der Waals surface area contributed by atoms with Crippen molar-refractivity contribution in [2.45, 2.75) is 37.1 Å². The van der Waals surface area contributed by atoms with Gasteiger partial charge in [0.15, 0.2) is 16.7 Å². The molecule has 1 saturated heterocycles. The highest BCUT2D eigenvalue weighted by molar-refractivity contribution is 7.98. The number of benzene rings is 2. The maximum atomic E-state index is 13.1. The Labute approximate surface area is 256 Å². The van der Waals surface area contributed by atoms with Crippen molar-refractivity contribution >= 4 is 41.1 Å². The molecule has 0 radical (unpaired) electrons. The van der Waals surface area contributed by atoms with Crippen LogP contribution in [0.2, 0.25) is 5.15 Å². The molecule has 0 saturated carbocycles. The van der Waals surface area contributed by atoms with Crippen LogP contribution in [0.15, 0.2) is 53.7 Å². The summed E-state index contributed by atoms with van der Waals surface area (Å²) in [5.74, 6) is 2.21. The van der Waals surface area contributed by atoms with Gasteiger partial charge in [0, 0.05) is 44.1 Å². The number of halogens is 1. The fourth-order valence-corrected chi connectivity index (χ4v) is 5.82. The summed E-state index contributed by atoms with van der Waals surface area (Å²) >= 11 is 7.83. The molecule has 1 amide bonds. The summed E-state index contributed by atoms with van der Waals surface area (Å²) in [7, 11) is 5.22. The van der Waals surface area contributed by atoms with E-state index in [9.17, 15) is 9.59 Å². The molecular weight excluding hydrogens is 576 g/mol. The van der Waals surface area contributed by atoms with E-state index in [2.05, 4.69) is 4.98 Å². The number of likely N-dealkylation sites (N-methyl/N-ethyl adjacent to an activating group) is 1. The summed E-state index contributed by atoms with van der Waals surface area (Å²) < 4.78 is 15.9. The number of methoxy groups -OCH3 is 2. The molecule has 0 aliphatic carbocycles. The van der Waals surface area contributed by atoms with E-state index in [1.165, 1.54) is 11.8 Å². The largest absolute Gasteiger partial charge is 0.493 e. The van der Waals surface area contributed by atoms with Crippen LogP contribution in [0.4, 0.5) is 5.82 Å². The van der Waals surface area contributed by atoms with Crippen molar-refractivity contribution in [2.24, 2.45) is 5.92 Å². The van der Waals surface area contributed by atoms with E-state index in [0.717, 1.165) is 42.8 Å². The van der Waals surface area contributed by atoms with E-state index in [1.54, 1.807) is 32.1 Å². The van der Waals surface area contributed by atoms with Gasteiger partial charge in [0.05, 0.1) is 26.7 Å². The van der Waals surface area contributed by atoms with E-state index in [1.807, 2.05) is 54.4 Å². The Morgan fingerprint density at radius 2 is 1.79 bits per heavy atom. The van der Waals surface area contributed by atoms with Crippen molar-refractivity contribution in [1.29, 1.82) is 0 Å². The number of ether oxygens (including phenoxy) is 3. The van der Waals surface area contributed by atoms with Gasteiger partial charge in [-0.15, -0.1) is 0 Å². The lowest BCUT2D eigenvalue weighted by Crippen LogP contribution is -2.42. The Kier molecular flexibility index (Phi) is 11.3. The van der Waals surface area contributed by atoms with Crippen molar-refractivity contribution < 1.29 is 23.8 Å². The normalized spacial score (nSPS) is 14.8. The highest BCUT2D eigenvalue weighted by Crippen LogP contribution is 2.29. The summed E-state index contributed by atoms with van der Waals surface area (Å²) in [6.45, 7) is 3.90. The van der Waals surface area contributed by atoms with Gasteiger partial charge < -0.3 is 24.0 Å². The second-order valence-corrected chi connectivity index (χ2v) is 11.4. The zero-order valence-electron chi connectivity index (χ0n) is 24.5. The molecule has 1 fully saturated rings. The monoisotopic (exact) mass is 612 g/mol. The number of hydrogen-bond acceptors (Lipinski definition) is 9. The number of carbonyl (C=O) groups is 2. The minimum absolute atomic E-state index is 0.0675. The van der Waals surface area contributed by atoms with Crippen LogP contribution in [0.5, 0.6) is 11.5 Å². The average Bonchev–Trinajstić information content (AvgIpc) is 3.02. The maximum absolute atomic E-state index is 13.1. The number of thioether (sulfide) groups is 1. The standard InChI is InChI=1S/C31H37ClN4O5S/c1-5-41-30(38)24-7-6-15-36(19-24)29(37)23-11-8-22(9-12-23)20-42-31-33-27(32)18-28(34-31)35(2)16-14-21-10-13-25(39-3)26(17-21)40-4/h8-13,17-18,24H,5-7,14-16,19-20H2,1-4H3. The lowest BCUT2D eigenvalue weighted by atomic mass is 9.97. The molecule has 42 heavy (non-hydrogen) atoms. The molecular formula is C31H37ClN4O5S. The zero-order chi connectivity index (χ0) is 30.1. The molecule has 9 nitrogen and oxygen atoms in total. The molecule has 224 valence electrons. The molecule has 1 aliphatic heterocycles. The van der Waals surface area contributed by atoms with Gasteiger partial charge in [0.2, 0.25) is 0 Å². The Morgan fingerprint density at radius 1 is 1.05 bits per heavy atom. The molecule has 3 aromatic rings. The fraction of sp³-hybridized carbons (Fsp3) is 0.419. The quantitative estimate of drug-likeness (QED) is 0.113. The fourth-order valence-electron chi connectivity index (χ4n) is 4.78. The highest BCUT2D eigenvalue weighted by Gasteiger charge is 2.29. The third-order valence-corrected chi connectivity index (χ3v) is 8.25. The maximum Gasteiger partial charge on any atom is 0.310 e. The van der Waals surface area contributed by atoms with E-state index in [-0.39, 0.29) is 17.8 Å². The van der Waals surface area contributed by atoms with Gasteiger partial charge in [-0.3, -0.25) is 9.59 Å². The number of piperidine rings is 1. The number of likely N-dealkylation sites (tertiary alicyclic amines) is 1. The number of amides is 1. The molecule has 2 heterocycles. The summed E-state index contributed by atoms with van der Waals surface area (Å²) in [6.07, 6.45) is 2.32. The van der Waals surface area contributed by atoms with Crippen LogP contribution in [0, 0.1) is 5.92 Å². The zero-order valence-corrected chi connectivity index (χ0v) is 26.0. The number of aromatic nitrogens is 2. The second kappa shape index (κ2) is 15.1. The van der Waals surface area contributed by atoms with E-state index in [0.29, 0.717) is 52.8 Å². The lowest BCUT2D eigenvalue weighted by Gasteiger charge is -2.31. The number of anilines is 1. The van der Waals surface area contributed by atoms with Crippen molar-refractivity contribution in [3.8, 4) is 11.5 Å². The molecule has 1 unspecified atom stereocenters. The molecule has 11 heteroatoms. The summed E-state index contributed by atoms with van der Waals surface area (Å²) in [6, 6.07) is 15.2. The second-order valence-electron chi connectivity index (χ2n) is 10.0. The first kappa shape index (κ1) is 31.4. The molecule has 0 bridgehead atoms. The highest BCUT2D eigenvalue weighted by atomic mass is 35.5. The van der Waals surface area contributed by atoms with Crippen molar-refractivity contribution in [2.75, 3.05) is 52.4 Å². The molecule has 2 aromatic carbocycles. The lowest BCUT2D eigenvalue weighted by molar-refractivity contribution is -0.149. The summed E-state index contributed by atoms with van der Waals surface area (Å²) in [4.78, 5) is 38.1. The first-order chi connectivity index (χ1) is 20.3. The van der Waals surface area contributed by atoms with Crippen molar-refractivity contribution in [3.05, 3.63) is 70.4 Å². The number of rotatable bonds is 12. The van der Waals surface area contributed by atoms with E-state index >= 15 is 0 Å². The minimum atomic E-state index is -0.258. The first-order valence-electron chi connectivity index (χ1n) is 14.0. The minimum Gasteiger partial charge on any atom is -0.493 e. The first-order valence-corrected chi connectivity index (χ1v) is 15.3. The number of hydrogen-bond donors (Lipinski definition) is 0. The van der Waals surface area contributed by atoms with Crippen LogP contribution in [-0.2, 0) is 21.7 Å². The Morgan fingerprint density at radius 3 is 2.50 bits per heavy atom. The van der Waals surface area contributed by atoms with E-state index in [4.69, 9.17) is 30.8 Å². The Balaban J connectivity index is 1.32. The third kappa shape index (κ3) is 8.29. The Hall–Kier alpha value is -3.50. The molecule has 4 rings (SSSR count). The van der Waals surface area contributed by atoms with Crippen molar-refractivity contribution in [1.82, 2.24) is 14.9 Å². The van der Waals surface area contributed by atoms with Gasteiger partial charge >= 0.3 is 5.97 Å². The third-order valence-electron chi connectivity index (χ3n) is 7.13.